The van der Waals surface area contributed by atoms with Crippen LogP contribution in [0.25, 0.3) is 0 Å². The summed E-state index contributed by atoms with van der Waals surface area (Å²) in [5.41, 5.74) is 0.859. The highest BCUT2D eigenvalue weighted by atomic mass is 16.6. The number of nitrogens with zero attached hydrogens (tertiary/aromatic N) is 1. The minimum atomic E-state index is -0.970. The van der Waals surface area contributed by atoms with Crippen molar-refractivity contribution in [3.63, 3.8) is 0 Å². The Kier molecular flexibility index (Phi) is 13.4. The Hall–Kier alpha value is -2.32. The fourth-order valence-corrected chi connectivity index (χ4v) is 3.93. The molecule has 1 aromatic rings. The summed E-state index contributed by atoms with van der Waals surface area (Å²) >= 11 is 0. The number of rotatable bonds is 16. The van der Waals surface area contributed by atoms with E-state index < -0.39 is 12.1 Å². The van der Waals surface area contributed by atoms with Gasteiger partial charge in [0.05, 0.1) is 6.54 Å². The number of benzene rings is 1. The largest absolute Gasteiger partial charge is 0.492 e. The number of hydrogen-bond acceptors (Lipinski definition) is 6. The van der Waals surface area contributed by atoms with Gasteiger partial charge in [0.2, 0.25) is 0 Å². The molecule has 34 heavy (non-hydrogen) atoms. The van der Waals surface area contributed by atoms with Crippen molar-refractivity contribution in [3.05, 3.63) is 29.8 Å². The molecule has 0 heterocycles. The minimum Gasteiger partial charge on any atom is -0.492 e. The van der Waals surface area contributed by atoms with E-state index in [2.05, 4.69) is 6.92 Å². The molecule has 0 radical (unpaired) electrons. The van der Waals surface area contributed by atoms with Gasteiger partial charge >= 0.3 is 12.1 Å². The third-order valence-corrected chi connectivity index (χ3v) is 5.76. The Morgan fingerprint density at radius 2 is 1.76 bits per heavy atom. The van der Waals surface area contributed by atoms with Gasteiger partial charge in [-0.25, -0.2) is 9.59 Å². The first-order chi connectivity index (χ1) is 16.5. The van der Waals surface area contributed by atoms with Gasteiger partial charge in [-0.05, 0) is 63.1 Å². The molecule has 1 aromatic carbocycles. The van der Waals surface area contributed by atoms with Gasteiger partial charge in [-0.2, -0.15) is 0 Å². The van der Waals surface area contributed by atoms with Crippen LogP contribution in [0.2, 0.25) is 0 Å². The molecule has 1 N–H and O–H groups in total. The van der Waals surface area contributed by atoms with Gasteiger partial charge in [-0.1, -0.05) is 25.5 Å². The van der Waals surface area contributed by atoms with E-state index in [1.807, 2.05) is 24.3 Å². The van der Waals surface area contributed by atoms with Crippen LogP contribution in [0.15, 0.2) is 24.3 Å². The van der Waals surface area contributed by atoms with Gasteiger partial charge in [0, 0.05) is 32.8 Å². The fraction of sp³-hybridized carbons (Fsp3) is 0.692. The van der Waals surface area contributed by atoms with Crippen molar-refractivity contribution in [2.45, 2.75) is 77.4 Å². The van der Waals surface area contributed by atoms with Crippen LogP contribution in [-0.2, 0) is 25.4 Å². The summed E-state index contributed by atoms with van der Waals surface area (Å²) in [5.74, 6) is -0.304. The lowest BCUT2D eigenvalue weighted by Crippen LogP contribution is -2.38. The van der Waals surface area contributed by atoms with Gasteiger partial charge in [-0.15, -0.1) is 0 Å². The first-order valence-corrected chi connectivity index (χ1v) is 12.6. The molecule has 1 aliphatic carbocycles. The van der Waals surface area contributed by atoms with Crippen LogP contribution < -0.4 is 4.74 Å². The van der Waals surface area contributed by atoms with Crippen LogP contribution in [-0.4, -0.2) is 73.8 Å². The van der Waals surface area contributed by atoms with Crippen LogP contribution in [0, 0.1) is 0 Å². The van der Waals surface area contributed by atoms with Gasteiger partial charge in [-0.3, -0.25) is 0 Å². The summed E-state index contributed by atoms with van der Waals surface area (Å²) < 4.78 is 22.4. The molecule has 0 spiro atoms. The van der Waals surface area contributed by atoms with Crippen molar-refractivity contribution in [2.75, 3.05) is 39.5 Å². The Labute approximate surface area is 203 Å². The molecule has 0 saturated heterocycles. The zero-order valence-electron chi connectivity index (χ0n) is 20.7. The lowest BCUT2D eigenvalue weighted by molar-refractivity contribution is -0.149. The number of carboxylic acid groups (broad SMARTS) is 1. The Morgan fingerprint density at radius 3 is 2.41 bits per heavy atom. The Morgan fingerprint density at radius 1 is 1.03 bits per heavy atom. The molecule has 1 atom stereocenters. The Bertz CT molecular complexity index is 704. The van der Waals surface area contributed by atoms with E-state index in [0.717, 1.165) is 50.7 Å². The zero-order valence-corrected chi connectivity index (χ0v) is 20.7. The monoisotopic (exact) mass is 479 g/mol. The minimum absolute atomic E-state index is 0.0138. The normalized spacial score (nSPS) is 15.0. The molecular weight excluding hydrogens is 438 g/mol. The van der Waals surface area contributed by atoms with Crippen LogP contribution in [0.4, 0.5) is 4.79 Å². The molecule has 0 aromatic heterocycles. The average Bonchev–Trinajstić information content (AvgIpc) is 2.84. The molecule has 8 heteroatoms. The molecule has 1 amide bonds. The van der Waals surface area contributed by atoms with E-state index in [-0.39, 0.29) is 12.2 Å². The van der Waals surface area contributed by atoms with Crippen molar-refractivity contribution >= 4 is 12.1 Å². The summed E-state index contributed by atoms with van der Waals surface area (Å²) in [6.45, 7) is 6.86. The molecular formula is C26H41NO7. The smallest absolute Gasteiger partial charge is 0.410 e. The van der Waals surface area contributed by atoms with Crippen molar-refractivity contribution in [3.8, 4) is 5.75 Å². The summed E-state index contributed by atoms with van der Waals surface area (Å²) in [6, 6.07) is 7.29. The predicted octanol–water partition coefficient (Wildman–Crippen LogP) is 4.69. The van der Waals surface area contributed by atoms with Gasteiger partial charge < -0.3 is 29.0 Å². The number of hydrogen-bond donors (Lipinski definition) is 1. The summed E-state index contributed by atoms with van der Waals surface area (Å²) in [6.07, 6.45) is 6.20. The van der Waals surface area contributed by atoms with Crippen molar-refractivity contribution in [1.82, 2.24) is 4.90 Å². The van der Waals surface area contributed by atoms with Crippen molar-refractivity contribution < 1.29 is 33.6 Å². The second-order valence-electron chi connectivity index (χ2n) is 8.58. The molecule has 8 nitrogen and oxygen atoms in total. The van der Waals surface area contributed by atoms with Gasteiger partial charge in [0.15, 0.2) is 6.10 Å². The standard InChI is InChI=1S/C26H41NO7/c1-3-17-31-18-8-15-27(26(30)34-23-9-6-5-7-10-23)16-19-33-22-13-11-21(12-14-22)20-24(25(28)29)32-4-2/h11-14,23-24H,3-10,15-20H2,1-2H3,(H,28,29). The highest BCUT2D eigenvalue weighted by Crippen LogP contribution is 2.21. The molecule has 1 unspecified atom stereocenters. The molecule has 0 aliphatic heterocycles. The van der Waals surface area contributed by atoms with Crippen LogP contribution in [0.1, 0.15) is 64.4 Å². The van der Waals surface area contributed by atoms with E-state index in [0.29, 0.717) is 45.1 Å². The zero-order chi connectivity index (χ0) is 24.6. The third-order valence-electron chi connectivity index (χ3n) is 5.76. The maximum atomic E-state index is 12.8. The maximum absolute atomic E-state index is 12.8. The highest BCUT2D eigenvalue weighted by molar-refractivity contribution is 5.72. The summed E-state index contributed by atoms with van der Waals surface area (Å²) in [4.78, 5) is 25.8. The number of aliphatic carboxylic acids is 1. The summed E-state index contributed by atoms with van der Waals surface area (Å²) in [7, 11) is 0. The van der Waals surface area contributed by atoms with E-state index in [9.17, 15) is 14.7 Å². The quantitative estimate of drug-likeness (QED) is 0.344. The average molecular weight is 480 g/mol. The number of carbonyl (C=O) groups is 2. The first kappa shape index (κ1) is 27.9. The van der Waals surface area contributed by atoms with Crippen molar-refractivity contribution in [1.29, 1.82) is 0 Å². The fourth-order valence-electron chi connectivity index (χ4n) is 3.93. The molecule has 192 valence electrons. The topological polar surface area (TPSA) is 94.5 Å². The maximum Gasteiger partial charge on any atom is 0.410 e. The molecule has 1 saturated carbocycles. The Balaban J connectivity index is 1.83. The second-order valence-corrected chi connectivity index (χ2v) is 8.58. The number of carbonyl (C=O) groups excluding carboxylic acids is 1. The number of carboxylic acids is 1. The molecule has 1 aliphatic rings. The molecule has 2 rings (SSSR count). The van der Waals surface area contributed by atoms with E-state index in [1.165, 1.54) is 6.42 Å². The van der Waals surface area contributed by atoms with E-state index in [1.54, 1.807) is 11.8 Å². The van der Waals surface area contributed by atoms with Crippen LogP contribution >= 0.6 is 0 Å². The molecule has 0 bridgehead atoms. The number of amides is 1. The van der Waals surface area contributed by atoms with Crippen LogP contribution in [0.5, 0.6) is 5.75 Å². The lowest BCUT2D eigenvalue weighted by atomic mass is 9.98. The lowest BCUT2D eigenvalue weighted by Gasteiger charge is -2.27. The van der Waals surface area contributed by atoms with Gasteiger partial charge in [0.1, 0.15) is 18.5 Å². The predicted molar refractivity (Wildman–Crippen MR) is 129 cm³/mol. The third kappa shape index (κ3) is 10.7. The van der Waals surface area contributed by atoms with E-state index in [4.69, 9.17) is 18.9 Å². The summed E-state index contributed by atoms with van der Waals surface area (Å²) in [5, 5.41) is 9.24. The molecule has 1 fully saturated rings. The van der Waals surface area contributed by atoms with Gasteiger partial charge in [0.25, 0.3) is 0 Å². The SMILES string of the molecule is CCCOCCCN(CCOc1ccc(CC(OCC)C(=O)O)cc1)C(=O)OC1CCCCC1. The first-order valence-electron chi connectivity index (χ1n) is 12.6. The number of ether oxygens (including phenoxy) is 4. The second kappa shape index (κ2) is 16.3. The highest BCUT2D eigenvalue weighted by Gasteiger charge is 2.22. The van der Waals surface area contributed by atoms with Crippen LogP contribution in [0.3, 0.4) is 0 Å². The van der Waals surface area contributed by atoms with E-state index >= 15 is 0 Å². The van der Waals surface area contributed by atoms with Crippen molar-refractivity contribution in [2.24, 2.45) is 0 Å².